The first-order valence-electron chi connectivity index (χ1n) is 3.97. The molecule has 15 heavy (non-hydrogen) atoms. The van der Waals surface area contributed by atoms with Crippen LogP contribution in [0.5, 0.6) is 0 Å². The molecule has 0 aromatic heterocycles. The van der Waals surface area contributed by atoms with Gasteiger partial charge in [-0.3, -0.25) is 9.59 Å². The molecule has 0 aliphatic rings. The molecule has 0 spiro atoms. The van der Waals surface area contributed by atoms with Gasteiger partial charge in [0, 0.05) is 0 Å². The van der Waals surface area contributed by atoms with Crippen LogP contribution >= 0.6 is 0 Å². The van der Waals surface area contributed by atoms with Crippen LogP contribution in [0.1, 0.15) is 20.3 Å². The van der Waals surface area contributed by atoms with Gasteiger partial charge in [-0.15, -0.1) is 4.91 Å². The molecule has 0 radical (unpaired) electrons. The lowest BCUT2D eigenvalue weighted by atomic mass is 9.90. The van der Waals surface area contributed by atoms with Gasteiger partial charge in [0.2, 0.25) is 0 Å². The largest absolute Gasteiger partial charge is 0.469 e. The lowest BCUT2D eigenvalue weighted by Crippen LogP contribution is -2.28. The number of hydrogen-bond acceptors (Lipinski definition) is 6. The van der Waals surface area contributed by atoms with E-state index in [1.54, 1.807) is 13.8 Å². The highest BCUT2D eigenvalue weighted by atomic mass is 16.6. The summed E-state index contributed by atoms with van der Waals surface area (Å²) in [5.74, 6) is -0.821. The van der Waals surface area contributed by atoms with E-state index >= 15 is 0 Å². The lowest BCUT2D eigenvalue weighted by molar-refractivity contribution is -0.157. The Morgan fingerprint density at radius 3 is 1.93 bits per heavy atom. The number of esters is 2. The summed E-state index contributed by atoms with van der Waals surface area (Å²) in [6.45, 7) is 3.27. The maximum Gasteiger partial charge on any atom is 0.311 e. The molecule has 0 heterocycles. The third-order valence-electron chi connectivity index (χ3n) is 1.55. The summed E-state index contributed by atoms with van der Waals surface area (Å²) in [4.78, 5) is 30.0. The summed E-state index contributed by atoms with van der Waals surface area (Å²) in [6, 6.07) is 0. The number of nitrogens with zero attached hydrogens (tertiary/aromatic N) is 1. The van der Waals surface area contributed by atoms with Crippen molar-refractivity contribution in [3.05, 3.63) is 4.91 Å². The molecule has 0 aromatic carbocycles. The Morgan fingerprint density at radius 2 is 1.67 bits per heavy atom. The lowest BCUT2D eigenvalue weighted by Gasteiger charge is -2.19. The Hall–Kier alpha value is -1.66. The monoisotopic (exact) mass is 221 g/mol. The number of rotatable bonds is 3. The van der Waals surface area contributed by atoms with E-state index in [0.717, 1.165) is 0 Å². The first-order valence-corrected chi connectivity index (χ1v) is 3.97. The minimum atomic E-state index is -0.804. The molecule has 0 saturated carbocycles. The van der Waals surface area contributed by atoms with Gasteiger partial charge in [-0.1, -0.05) is 0 Å². The van der Waals surface area contributed by atoms with E-state index in [9.17, 15) is 9.59 Å². The quantitative estimate of drug-likeness (QED) is 0.431. The molecule has 0 rings (SSSR count). The van der Waals surface area contributed by atoms with Gasteiger partial charge in [-0.25, -0.2) is 0 Å². The third-order valence-corrected chi connectivity index (χ3v) is 1.55. The second-order valence-electron chi connectivity index (χ2n) is 3.21. The number of carbonyl (C=O) groups is 2. The zero-order valence-electron chi connectivity index (χ0n) is 9.14. The van der Waals surface area contributed by atoms with Crippen LogP contribution in [0, 0.1) is 10.3 Å². The van der Waals surface area contributed by atoms with Gasteiger partial charge in [0.25, 0.3) is 0 Å². The summed E-state index contributed by atoms with van der Waals surface area (Å²) in [5, 5.41) is 7.89. The van der Waals surface area contributed by atoms with E-state index in [-0.39, 0.29) is 6.42 Å². The second-order valence-corrected chi connectivity index (χ2v) is 3.21. The van der Waals surface area contributed by atoms with E-state index in [2.05, 4.69) is 9.47 Å². The van der Waals surface area contributed by atoms with Gasteiger partial charge in [0.15, 0.2) is 5.34 Å². The first-order chi connectivity index (χ1) is 6.85. The normalized spacial score (nSPS) is 9.33. The zero-order valence-corrected chi connectivity index (χ0v) is 9.14. The van der Waals surface area contributed by atoms with Crippen molar-refractivity contribution in [3.63, 3.8) is 0 Å². The molecule has 0 unspecified atom stereocenters. The Labute approximate surface area is 87.3 Å². The Kier molecular flexibility index (Phi) is 8.13. The fraction of sp³-hybridized carbons (Fsp3) is 0.750. The summed E-state index contributed by atoms with van der Waals surface area (Å²) >= 11 is 0. The second kappa shape index (κ2) is 7.72. The number of hydrogen-bond donors (Lipinski definition) is 1. The average Bonchev–Trinajstić information content (AvgIpc) is 2.16. The van der Waals surface area contributed by atoms with Gasteiger partial charge >= 0.3 is 11.9 Å². The van der Waals surface area contributed by atoms with Gasteiger partial charge in [0.1, 0.15) is 0 Å². The van der Waals surface area contributed by atoms with Crippen molar-refractivity contribution in [2.24, 2.45) is 10.8 Å². The zero-order chi connectivity index (χ0) is 12.5. The van der Waals surface area contributed by atoms with E-state index in [1.165, 1.54) is 19.6 Å². The molecule has 0 aromatic rings. The topological polar surface area (TPSA) is 102 Å². The Bertz CT molecular complexity index is 225. The first kappa shape index (κ1) is 15.8. The van der Waals surface area contributed by atoms with Crippen molar-refractivity contribution in [2.45, 2.75) is 20.3 Å². The molecule has 0 fully saturated rings. The smallest absolute Gasteiger partial charge is 0.311 e. The molecule has 0 bridgehead atoms. The predicted octanol–water partition coefficient (Wildman–Crippen LogP) is 0.891. The average molecular weight is 221 g/mol. The van der Waals surface area contributed by atoms with Crippen LogP contribution in [0.15, 0.2) is 5.34 Å². The van der Waals surface area contributed by atoms with Crippen molar-refractivity contribution in [2.75, 3.05) is 14.2 Å². The number of methoxy groups -OCH3 is 2. The van der Waals surface area contributed by atoms with Crippen LogP contribution in [0.3, 0.4) is 0 Å². The van der Waals surface area contributed by atoms with Crippen molar-refractivity contribution < 1.29 is 24.3 Å². The van der Waals surface area contributed by atoms with E-state index in [1.807, 2.05) is 0 Å². The van der Waals surface area contributed by atoms with Crippen LogP contribution in [0.25, 0.3) is 0 Å². The van der Waals surface area contributed by atoms with E-state index in [0.29, 0.717) is 0 Å². The maximum atomic E-state index is 11.1. The highest BCUT2D eigenvalue weighted by Crippen LogP contribution is 2.22. The standard InChI is InChI=1S/C8H14O4.HNO2/c1-8(2,7(10)12-4)5-6(9)11-3;2-1-3/h5H2,1-4H3;(H,2,3). The molecule has 0 saturated heterocycles. The van der Waals surface area contributed by atoms with Crippen LogP contribution in [-0.4, -0.2) is 31.4 Å². The molecule has 0 aliphatic heterocycles. The van der Waals surface area contributed by atoms with Gasteiger partial charge in [0.05, 0.1) is 26.1 Å². The van der Waals surface area contributed by atoms with Gasteiger partial charge < -0.3 is 14.7 Å². The summed E-state index contributed by atoms with van der Waals surface area (Å²) in [6.07, 6.45) is 0.0379. The number of carbonyl (C=O) groups excluding carboxylic acids is 2. The Morgan fingerprint density at radius 1 is 1.27 bits per heavy atom. The van der Waals surface area contributed by atoms with Crippen LogP contribution in [0.4, 0.5) is 0 Å². The minimum absolute atomic E-state index is 0.0379. The summed E-state index contributed by atoms with van der Waals surface area (Å²) in [5.41, 5.74) is -0.804. The summed E-state index contributed by atoms with van der Waals surface area (Å²) in [7, 11) is 2.58. The molecule has 7 nitrogen and oxygen atoms in total. The highest BCUT2D eigenvalue weighted by Gasteiger charge is 2.31. The SMILES string of the molecule is COC(=O)CC(C)(C)C(=O)OC.O=NO. The maximum absolute atomic E-state index is 11.1. The van der Waals surface area contributed by atoms with Crippen molar-refractivity contribution in [1.29, 1.82) is 0 Å². The molecular formula is C8H15NO6. The van der Waals surface area contributed by atoms with E-state index < -0.39 is 17.4 Å². The fourth-order valence-corrected chi connectivity index (χ4v) is 0.781. The molecule has 0 aliphatic carbocycles. The molecule has 1 N–H and O–H groups in total. The molecule has 7 heteroatoms. The van der Waals surface area contributed by atoms with Crippen LogP contribution < -0.4 is 0 Å². The minimum Gasteiger partial charge on any atom is -0.469 e. The Balaban J connectivity index is 0. The summed E-state index contributed by atoms with van der Waals surface area (Å²) < 4.78 is 8.95. The van der Waals surface area contributed by atoms with E-state index in [4.69, 9.17) is 10.1 Å². The van der Waals surface area contributed by atoms with Crippen molar-refractivity contribution in [1.82, 2.24) is 0 Å². The van der Waals surface area contributed by atoms with Gasteiger partial charge in [-0.05, 0) is 13.8 Å². The fourth-order valence-electron chi connectivity index (χ4n) is 0.781. The van der Waals surface area contributed by atoms with Crippen molar-refractivity contribution in [3.8, 4) is 0 Å². The van der Waals surface area contributed by atoms with Crippen LogP contribution in [0.2, 0.25) is 0 Å². The molecule has 0 atom stereocenters. The van der Waals surface area contributed by atoms with Crippen molar-refractivity contribution >= 4 is 11.9 Å². The molecular weight excluding hydrogens is 206 g/mol. The third kappa shape index (κ3) is 7.41. The predicted molar refractivity (Wildman–Crippen MR) is 50.0 cm³/mol. The molecule has 88 valence electrons. The highest BCUT2D eigenvalue weighted by molar-refractivity contribution is 5.82. The molecule has 0 amide bonds. The van der Waals surface area contributed by atoms with Crippen LogP contribution in [-0.2, 0) is 19.1 Å². The van der Waals surface area contributed by atoms with Gasteiger partial charge in [-0.2, -0.15) is 0 Å². The number of ether oxygens (including phenoxy) is 2.